The van der Waals surface area contributed by atoms with E-state index in [0.29, 0.717) is 26.2 Å². The van der Waals surface area contributed by atoms with E-state index in [-0.39, 0.29) is 17.9 Å². The first kappa shape index (κ1) is 18.1. The van der Waals surface area contributed by atoms with Gasteiger partial charge in [-0.2, -0.15) is 0 Å². The summed E-state index contributed by atoms with van der Waals surface area (Å²) in [7, 11) is 0. The van der Waals surface area contributed by atoms with Crippen molar-refractivity contribution in [2.75, 3.05) is 31.5 Å². The molecule has 25 heavy (non-hydrogen) atoms. The molecule has 0 aliphatic carbocycles. The summed E-state index contributed by atoms with van der Waals surface area (Å²) in [5.74, 6) is 0.0528. The third-order valence-corrected chi connectivity index (χ3v) is 5.70. The van der Waals surface area contributed by atoms with Gasteiger partial charge in [-0.15, -0.1) is 11.3 Å². The van der Waals surface area contributed by atoms with E-state index < -0.39 is 0 Å². The Bertz CT molecular complexity index is 743. The SMILES string of the molecule is C[C@H](C(=O)Nc1cccc(Br)c1)N1CCN(C(=O)c2cccs2)CC1. The molecule has 5 nitrogen and oxygen atoms in total. The molecule has 1 N–H and O–H groups in total. The number of hydrogen-bond donors (Lipinski definition) is 1. The van der Waals surface area contributed by atoms with Gasteiger partial charge in [-0.1, -0.05) is 28.1 Å². The van der Waals surface area contributed by atoms with E-state index in [2.05, 4.69) is 26.1 Å². The van der Waals surface area contributed by atoms with Gasteiger partial charge in [-0.3, -0.25) is 14.5 Å². The van der Waals surface area contributed by atoms with E-state index in [9.17, 15) is 9.59 Å². The van der Waals surface area contributed by atoms with Crippen molar-refractivity contribution in [3.8, 4) is 0 Å². The average molecular weight is 422 g/mol. The molecule has 2 amide bonds. The maximum absolute atomic E-state index is 12.5. The summed E-state index contributed by atoms with van der Waals surface area (Å²) in [6, 6.07) is 11.1. The number of benzene rings is 1. The van der Waals surface area contributed by atoms with Crippen molar-refractivity contribution >= 4 is 44.8 Å². The Morgan fingerprint density at radius 1 is 1.16 bits per heavy atom. The minimum absolute atomic E-state index is 0.0314. The molecule has 1 atom stereocenters. The van der Waals surface area contributed by atoms with Gasteiger partial charge in [0.25, 0.3) is 5.91 Å². The van der Waals surface area contributed by atoms with Gasteiger partial charge in [0.1, 0.15) is 0 Å². The number of carbonyl (C=O) groups excluding carboxylic acids is 2. The first-order chi connectivity index (χ1) is 12.0. The molecule has 7 heteroatoms. The second-order valence-corrected chi connectivity index (χ2v) is 7.84. The quantitative estimate of drug-likeness (QED) is 0.823. The largest absolute Gasteiger partial charge is 0.335 e. The molecule has 1 aromatic heterocycles. The molecular formula is C18H20BrN3O2S. The maximum atomic E-state index is 12.5. The van der Waals surface area contributed by atoms with Gasteiger partial charge >= 0.3 is 0 Å². The minimum Gasteiger partial charge on any atom is -0.335 e. The van der Waals surface area contributed by atoms with Crippen molar-refractivity contribution in [2.45, 2.75) is 13.0 Å². The Morgan fingerprint density at radius 2 is 1.92 bits per heavy atom. The highest BCUT2D eigenvalue weighted by atomic mass is 79.9. The van der Waals surface area contributed by atoms with Crippen LogP contribution in [-0.2, 0) is 4.79 Å². The second kappa shape index (κ2) is 8.12. The van der Waals surface area contributed by atoms with Crippen LogP contribution in [0.2, 0.25) is 0 Å². The first-order valence-corrected chi connectivity index (χ1v) is 9.85. The maximum Gasteiger partial charge on any atom is 0.264 e. The van der Waals surface area contributed by atoms with Crippen LogP contribution in [0.25, 0.3) is 0 Å². The van der Waals surface area contributed by atoms with Gasteiger partial charge in [0.15, 0.2) is 0 Å². The average Bonchev–Trinajstić information content (AvgIpc) is 3.15. The van der Waals surface area contributed by atoms with Crippen LogP contribution in [0.1, 0.15) is 16.6 Å². The smallest absolute Gasteiger partial charge is 0.264 e. The van der Waals surface area contributed by atoms with Crippen LogP contribution >= 0.6 is 27.3 Å². The van der Waals surface area contributed by atoms with Crippen molar-refractivity contribution < 1.29 is 9.59 Å². The van der Waals surface area contributed by atoms with Crippen LogP contribution in [0, 0.1) is 0 Å². The van der Waals surface area contributed by atoms with E-state index in [1.165, 1.54) is 11.3 Å². The highest BCUT2D eigenvalue weighted by molar-refractivity contribution is 9.10. The number of hydrogen-bond acceptors (Lipinski definition) is 4. The van der Waals surface area contributed by atoms with Crippen molar-refractivity contribution in [3.05, 3.63) is 51.1 Å². The fraction of sp³-hybridized carbons (Fsp3) is 0.333. The number of amides is 2. The van der Waals surface area contributed by atoms with Crippen LogP contribution in [0.4, 0.5) is 5.69 Å². The Labute approximate surface area is 159 Å². The van der Waals surface area contributed by atoms with Crippen LogP contribution < -0.4 is 5.32 Å². The van der Waals surface area contributed by atoms with Gasteiger partial charge in [0.05, 0.1) is 10.9 Å². The van der Waals surface area contributed by atoms with E-state index in [1.807, 2.05) is 53.6 Å². The van der Waals surface area contributed by atoms with Crippen LogP contribution in [0.3, 0.4) is 0 Å². The fourth-order valence-electron chi connectivity index (χ4n) is 2.85. The van der Waals surface area contributed by atoms with E-state index in [4.69, 9.17) is 0 Å². The van der Waals surface area contributed by atoms with Gasteiger partial charge in [-0.25, -0.2) is 0 Å². The zero-order chi connectivity index (χ0) is 17.8. The molecule has 0 radical (unpaired) electrons. The van der Waals surface area contributed by atoms with Crippen molar-refractivity contribution in [1.82, 2.24) is 9.80 Å². The normalized spacial score (nSPS) is 16.5. The lowest BCUT2D eigenvalue weighted by molar-refractivity contribution is -0.121. The Hall–Kier alpha value is -1.70. The monoisotopic (exact) mass is 421 g/mol. The number of carbonyl (C=O) groups is 2. The summed E-state index contributed by atoms with van der Waals surface area (Å²) in [4.78, 5) is 29.6. The first-order valence-electron chi connectivity index (χ1n) is 8.18. The molecule has 0 bridgehead atoms. The Balaban J connectivity index is 1.53. The molecule has 1 aliphatic rings. The number of piperazine rings is 1. The van der Waals surface area contributed by atoms with E-state index in [1.54, 1.807) is 0 Å². The highest BCUT2D eigenvalue weighted by Gasteiger charge is 2.28. The summed E-state index contributed by atoms with van der Waals surface area (Å²) < 4.78 is 0.929. The topological polar surface area (TPSA) is 52.7 Å². The lowest BCUT2D eigenvalue weighted by Gasteiger charge is -2.37. The number of anilines is 1. The molecule has 2 aromatic rings. The van der Waals surface area contributed by atoms with Crippen molar-refractivity contribution in [3.63, 3.8) is 0 Å². The second-order valence-electron chi connectivity index (χ2n) is 5.98. The van der Waals surface area contributed by atoms with E-state index in [0.717, 1.165) is 15.0 Å². The third kappa shape index (κ3) is 4.48. The molecule has 1 fully saturated rings. The van der Waals surface area contributed by atoms with Crippen LogP contribution in [-0.4, -0.2) is 53.8 Å². The lowest BCUT2D eigenvalue weighted by Crippen LogP contribution is -2.53. The molecule has 1 saturated heterocycles. The Kier molecular flexibility index (Phi) is 5.88. The number of nitrogens with one attached hydrogen (secondary N) is 1. The van der Waals surface area contributed by atoms with E-state index >= 15 is 0 Å². The van der Waals surface area contributed by atoms with Crippen LogP contribution in [0.5, 0.6) is 0 Å². The predicted octanol–water partition coefficient (Wildman–Crippen LogP) is 3.30. The lowest BCUT2D eigenvalue weighted by atomic mass is 10.2. The minimum atomic E-state index is -0.238. The standard InChI is InChI=1S/C18H20BrN3O2S/c1-13(17(23)20-15-5-2-4-14(19)12-15)21-7-9-22(10-8-21)18(24)16-6-3-11-25-16/h2-6,11-13H,7-10H2,1H3,(H,20,23)/t13-/m1/s1. The number of halogens is 1. The summed E-state index contributed by atoms with van der Waals surface area (Å²) in [6.45, 7) is 4.59. The molecule has 3 rings (SSSR count). The van der Waals surface area contributed by atoms with Crippen molar-refractivity contribution in [1.29, 1.82) is 0 Å². The molecular weight excluding hydrogens is 402 g/mol. The highest BCUT2D eigenvalue weighted by Crippen LogP contribution is 2.18. The molecule has 1 aliphatic heterocycles. The summed E-state index contributed by atoms with van der Waals surface area (Å²) in [5, 5.41) is 4.86. The van der Waals surface area contributed by atoms with Gasteiger partial charge in [-0.05, 0) is 36.6 Å². The molecule has 0 saturated carbocycles. The number of thiophene rings is 1. The zero-order valence-corrected chi connectivity index (χ0v) is 16.3. The molecule has 1 aromatic carbocycles. The van der Waals surface area contributed by atoms with Crippen molar-refractivity contribution in [2.24, 2.45) is 0 Å². The fourth-order valence-corrected chi connectivity index (χ4v) is 3.94. The number of rotatable bonds is 4. The Morgan fingerprint density at radius 3 is 2.56 bits per heavy atom. The summed E-state index contributed by atoms with van der Waals surface area (Å²) in [6.07, 6.45) is 0. The van der Waals surface area contributed by atoms with Crippen LogP contribution in [0.15, 0.2) is 46.3 Å². The molecule has 132 valence electrons. The number of nitrogens with zero attached hydrogens (tertiary/aromatic N) is 2. The summed E-state index contributed by atoms with van der Waals surface area (Å²) in [5.41, 5.74) is 0.776. The zero-order valence-electron chi connectivity index (χ0n) is 13.9. The molecule has 0 spiro atoms. The van der Waals surface area contributed by atoms with Gasteiger partial charge in [0, 0.05) is 36.3 Å². The molecule has 0 unspecified atom stereocenters. The van der Waals surface area contributed by atoms with Gasteiger partial charge < -0.3 is 10.2 Å². The molecule has 2 heterocycles. The summed E-state index contributed by atoms with van der Waals surface area (Å²) >= 11 is 4.87. The predicted molar refractivity (Wildman–Crippen MR) is 104 cm³/mol. The van der Waals surface area contributed by atoms with Gasteiger partial charge in [0.2, 0.25) is 5.91 Å². The third-order valence-electron chi connectivity index (χ3n) is 4.35.